The molecule has 90 valence electrons. The van der Waals surface area contributed by atoms with Crippen LogP contribution in [0.4, 0.5) is 10.5 Å². The van der Waals surface area contributed by atoms with E-state index in [9.17, 15) is 4.79 Å². The molecule has 3 nitrogen and oxygen atoms in total. The lowest BCUT2D eigenvalue weighted by molar-refractivity contribution is 0.246. The van der Waals surface area contributed by atoms with Crippen molar-refractivity contribution >= 4 is 11.7 Å². The Balaban J connectivity index is 1.80. The summed E-state index contributed by atoms with van der Waals surface area (Å²) in [6.45, 7) is 3.97. The van der Waals surface area contributed by atoms with E-state index >= 15 is 0 Å². The predicted molar refractivity (Wildman–Crippen MR) is 70.0 cm³/mol. The zero-order chi connectivity index (χ0) is 12.1. The Bertz CT molecular complexity index is 390. The standard InChI is InChI=1S/C14H18N2O/c1-11-7-9-13(10-8-11)16-14(17)15-12-5-3-2-4-6-12/h2-6,13H,1,7-10H2,(H2,15,16,17). The maximum Gasteiger partial charge on any atom is 0.319 e. The van der Waals surface area contributed by atoms with Gasteiger partial charge in [-0.1, -0.05) is 30.4 Å². The van der Waals surface area contributed by atoms with Gasteiger partial charge in [-0.05, 0) is 37.8 Å². The molecule has 0 bridgehead atoms. The van der Waals surface area contributed by atoms with Crippen LogP contribution in [0.2, 0.25) is 0 Å². The quantitative estimate of drug-likeness (QED) is 0.752. The molecule has 1 aromatic rings. The monoisotopic (exact) mass is 230 g/mol. The molecule has 17 heavy (non-hydrogen) atoms. The van der Waals surface area contributed by atoms with Crippen molar-refractivity contribution in [2.24, 2.45) is 0 Å². The molecule has 0 aliphatic heterocycles. The van der Waals surface area contributed by atoms with E-state index in [0.717, 1.165) is 31.4 Å². The Morgan fingerprint density at radius 2 is 1.82 bits per heavy atom. The van der Waals surface area contributed by atoms with E-state index in [1.807, 2.05) is 30.3 Å². The molecule has 1 fully saturated rings. The molecule has 2 rings (SSSR count). The van der Waals surface area contributed by atoms with Crippen molar-refractivity contribution in [2.45, 2.75) is 31.7 Å². The fraction of sp³-hybridized carbons (Fsp3) is 0.357. The number of para-hydroxylation sites is 1. The van der Waals surface area contributed by atoms with Gasteiger partial charge in [0.1, 0.15) is 0 Å². The third-order valence-electron chi connectivity index (χ3n) is 3.06. The van der Waals surface area contributed by atoms with Gasteiger partial charge in [0.2, 0.25) is 0 Å². The number of allylic oxidation sites excluding steroid dienone is 1. The SMILES string of the molecule is C=C1CCC(NC(=O)Nc2ccccc2)CC1. The zero-order valence-corrected chi connectivity index (χ0v) is 9.91. The smallest absolute Gasteiger partial charge is 0.319 e. The minimum atomic E-state index is -0.117. The zero-order valence-electron chi connectivity index (χ0n) is 9.91. The van der Waals surface area contributed by atoms with Crippen LogP contribution in [0.25, 0.3) is 0 Å². The number of benzene rings is 1. The van der Waals surface area contributed by atoms with Gasteiger partial charge in [-0.3, -0.25) is 0 Å². The van der Waals surface area contributed by atoms with E-state index in [1.165, 1.54) is 5.57 Å². The summed E-state index contributed by atoms with van der Waals surface area (Å²) in [5.74, 6) is 0. The molecule has 1 saturated carbocycles. The van der Waals surface area contributed by atoms with Gasteiger partial charge in [0, 0.05) is 11.7 Å². The van der Waals surface area contributed by atoms with Gasteiger partial charge in [-0.2, -0.15) is 0 Å². The first-order chi connectivity index (χ1) is 8.24. The summed E-state index contributed by atoms with van der Waals surface area (Å²) >= 11 is 0. The summed E-state index contributed by atoms with van der Waals surface area (Å²) in [6.07, 6.45) is 4.05. The Morgan fingerprint density at radius 1 is 1.18 bits per heavy atom. The lowest BCUT2D eigenvalue weighted by Gasteiger charge is -2.24. The van der Waals surface area contributed by atoms with E-state index in [0.29, 0.717) is 0 Å². The molecular weight excluding hydrogens is 212 g/mol. The highest BCUT2D eigenvalue weighted by atomic mass is 16.2. The van der Waals surface area contributed by atoms with Gasteiger partial charge in [-0.25, -0.2) is 4.79 Å². The normalized spacial score (nSPS) is 16.6. The summed E-state index contributed by atoms with van der Waals surface area (Å²) in [6, 6.07) is 9.65. The molecule has 0 heterocycles. The third kappa shape index (κ3) is 3.63. The highest BCUT2D eigenvalue weighted by molar-refractivity contribution is 5.89. The molecule has 1 aromatic carbocycles. The summed E-state index contributed by atoms with van der Waals surface area (Å²) in [7, 11) is 0. The van der Waals surface area contributed by atoms with E-state index < -0.39 is 0 Å². The average molecular weight is 230 g/mol. The first kappa shape index (κ1) is 11.7. The lowest BCUT2D eigenvalue weighted by atomic mass is 9.92. The molecule has 0 atom stereocenters. The highest BCUT2D eigenvalue weighted by Gasteiger charge is 2.17. The van der Waals surface area contributed by atoms with E-state index in [2.05, 4.69) is 17.2 Å². The van der Waals surface area contributed by atoms with Crippen molar-refractivity contribution in [1.29, 1.82) is 0 Å². The maximum absolute atomic E-state index is 11.7. The molecule has 0 unspecified atom stereocenters. The predicted octanol–water partition coefficient (Wildman–Crippen LogP) is 3.31. The number of carbonyl (C=O) groups excluding carboxylic acids is 1. The number of hydrogen-bond acceptors (Lipinski definition) is 1. The number of urea groups is 1. The largest absolute Gasteiger partial charge is 0.335 e. The summed E-state index contributed by atoms with van der Waals surface area (Å²) in [5.41, 5.74) is 2.12. The number of carbonyl (C=O) groups is 1. The molecule has 0 aromatic heterocycles. The van der Waals surface area contributed by atoms with Gasteiger partial charge in [0.15, 0.2) is 0 Å². The summed E-state index contributed by atoms with van der Waals surface area (Å²) in [5, 5.41) is 5.82. The minimum Gasteiger partial charge on any atom is -0.335 e. The van der Waals surface area contributed by atoms with Gasteiger partial charge in [0.25, 0.3) is 0 Å². The fourth-order valence-corrected chi connectivity index (χ4v) is 2.04. The van der Waals surface area contributed by atoms with Crippen molar-refractivity contribution < 1.29 is 4.79 Å². The molecular formula is C14H18N2O. The molecule has 0 radical (unpaired) electrons. The number of amides is 2. The van der Waals surface area contributed by atoms with Crippen molar-refractivity contribution in [3.8, 4) is 0 Å². The molecule has 0 saturated heterocycles. The second-order valence-electron chi connectivity index (χ2n) is 4.49. The van der Waals surface area contributed by atoms with Crippen molar-refractivity contribution in [2.75, 3.05) is 5.32 Å². The van der Waals surface area contributed by atoms with Crippen LogP contribution in [-0.2, 0) is 0 Å². The van der Waals surface area contributed by atoms with Crippen LogP contribution < -0.4 is 10.6 Å². The van der Waals surface area contributed by atoms with E-state index in [-0.39, 0.29) is 12.1 Å². The summed E-state index contributed by atoms with van der Waals surface area (Å²) < 4.78 is 0. The third-order valence-corrected chi connectivity index (χ3v) is 3.06. The molecule has 3 heteroatoms. The summed E-state index contributed by atoms with van der Waals surface area (Å²) in [4.78, 5) is 11.7. The topological polar surface area (TPSA) is 41.1 Å². The van der Waals surface area contributed by atoms with E-state index in [1.54, 1.807) is 0 Å². The van der Waals surface area contributed by atoms with Gasteiger partial charge in [-0.15, -0.1) is 0 Å². The second kappa shape index (κ2) is 5.53. The number of hydrogen-bond donors (Lipinski definition) is 2. The molecule has 0 spiro atoms. The first-order valence-corrected chi connectivity index (χ1v) is 6.03. The van der Waals surface area contributed by atoms with Crippen LogP contribution >= 0.6 is 0 Å². The Morgan fingerprint density at radius 3 is 2.47 bits per heavy atom. The number of rotatable bonds is 2. The van der Waals surface area contributed by atoms with Crippen LogP contribution in [-0.4, -0.2) is 12.1 Å². The first-order valence-electron chi connectivity index (χ1n) is 6.03. The molecule has 1 aliphatic rings. The van der Waals surface area contributed by atoms with Crippen molar-refractivity contribution in [3.63, 3.8) is 0 Å². The van der Waals surface area contributed by atoms with Crippen LogP contribution in [0.5, 0.6) is 0 Å². The van der Waals surface area contributed by atoms with Crippen LogP contribution in [0.15, 0.2) is 42.5 Å². The number of nitrogens with one attached hydrogen (secondary N) is 2. The Hall–Kier alpha value is -1.77. The van der Waals surface area contributed by atoms with Crippen LogP contribution in [0.1, 0.15) is 25.7 Å². The van der Waals surface area contributed by atoms with Gasteiger partial charge < -0.3 is 10.6 Å². The minimum absolute atomic E-state index is 0.117. The van der Waals surface area contributed by atoms with E-state index in [4.69, 9.17) is 0 Å². The van der Waals surface area contributed by atoms with Gasteiger partial charge in [0.05, 0.1) is 0 Å². The fourth-order valence-electron chi connectivity index (χ4n) is 2.04. The Kier molecular flexibility index (Phi) is 3.81. The molecule has 2 N–H and O–H groups in total. The maximum atomic E-state index is 11.7. The van der Waals surface area contributed by atoms with Crippen molar-refractivity contribution in [1.82, 2.24) is 5.32 Å². The van der Waals surface area contributed by atoms with Gasteiger partial charge >= 0.3 is 6.03 Å². The van der Waals surface area contributed by atoms with Crippen LogP contribution in [0.3, 0.4) is 0 Å². The second-order valence-corrected chi connectivity index (χ2v) is 4.49. The average Bonchev–Trinajstić information content (AvgIpc) is 2.33. The van der Waals surface area contributed by atoms with Crippen molar-refractivity contribution in [3.05, 3.63) is 42.5 Å². The highest BCUT2D eigenvalue weighted by Crippen LogP contribution is 2.21. The lowest BCUT2D eigenvalue weighted by Crippen LogP contribution is -2.39. The molecule has 2 amide bonds. The Labute approximate surface area is 102 Å². The molecule has 1 aliphatic carbocycles. The number of anilines is 1. The van der Waals surface area contributed by atoms with Crippen LogP contribution in [0, 0.1) is 0 Å².